The largest absolute Gasteiger partial charge is 0.509 e. The fourth-order valence-electron chi connectivity index (χ4n) is 3.14. The van der Waals surface area contributed by atoms with Crippen LogP contribution in [0.3, 0.4) is 0 Å². The van der Waals surface area contributed by atoms with Gasteiger partial charge in [0.1, 0.15) is 35.0 Å². The van der Waals surface area contributed by atoms with E-state index in [0.29, 0.717) is 11.3 Å². The number of hydrogen-bond acceptors (Lipinski definition) is 5. The number of hydrogen-bond donors (Lipinski definition) is 3. The molecule has 126 valence electrons. The maximum atomic E-state index is 12.6. The second-order valence-electron chi connectivity index (χ2n) is 6.12. The predicted octanol–water partition coefficient (Wildman–Crippen LogP) is 2.29. The molecule has 0 amide bonds. The number of aliphatic hydroxyl groups excluding tert-OH is 3. The summed E-state index contributed by atoms with van der Waals surface area (Å²) in [5, 5.41) is 29.7. The third-order valence-electron chi connectivity index (χ3n) is 4.45. The zero-order valence-electron chi connectivity index (χ0n) is 13.2. The average molecular weight is 336 g/mol. The lowest BCUT2D eigenvalue weighted by Crippen LogP contribution is -2.33. The summed E-state index contributed by atoms with van der Waals surface area (Å²) in [4.78, 5) is 12.6. The molecule has 0 spiro atoms. The number of Topliss-reactive ketones (excluding diaryl/α,β-unsaturated/α-hetero) is 1. The predicted molar refractivity (Wildman–Crippen MR) is 91.0 cm³/mol. The standard InChI is InChI=1S/C20H16O5/c21-14-9-13-8-12(11-4-2-1-3-5-11)6-7-16(13)25-17-10-15(22)19(23)20(24)18(14)17/h1-8,10,15,19,22-24H,9H2. The van der Waals surface area contributed by atoms with Gasteiger partial charge in [0, 0.05) is 12.0 Å². The quantitative estimate of drug-likeness (QED) is 0.744. The van der Waals surface area contributed by atoms with Gasteiger partial charge in [-0.1, -0.05) is 36.4 Å². The molecule has 5 nitrogen and oxygen atoms in total. The lowest BCUT2D eigenvalue weighted by Gasteiger charge is -2.23. The van der Waals surface area contributed by atoms with Gasteiger partial charge in [-0.2, -0.15) is 0 Å². The summed E-state index contributed by atoms with van der Waals surface area (Å²) in [5.41, 5.74) is 2.58. The summed E-state index contributed by atoms with van der Waals surface area (Å²) in [6.45, 7) is 0. The fraction of sp³-hybridized carbons (Fsp3) is 0.150. The molecule has 3 N–H and O–H groups in total. The first kappa shape index (κ1) is 15.6. The van der Waals surface area contributed by atoms with Crippen molar-refractivity contribution in [1.29, 1.82) is 0 Å². The summed E-state index contributed by atoms with van der Waals surface area (Å²) in [6.07, 6.45) is -1.56. The third kappa shape index (κ3) is 2.63. The van der Waals surface area contributed by atoms with Crippen LogP contribution < -0.4 is 4.74 Å². The molecular formula is C20H16O5. The monoisotopic (exact) mass is 336 g/mol. The number of ketones is 1. The van der Waals surface area contributed by atoms with E-state index in [1.165, 1.54) is 6.08 Å². The van der Waals surface area contributed by atoms with Crippen LogP contribution in [0.5, 0.6) is 5.75 Å². The van der Waals surface area contributed by atoms with E-state index in [-0.39, 0.29) is 23.5 Å². The summed E-state index contributed by atoms with van der Waals surface area (Å²) < 4.78 is 5.76. The third-order valence-corrected chi connectivity index (χ3v) is 4.45. The van der Waals surface area contributed by atoms with Gasteiger partial charge in [0.2, 0.25) is 0 Å². The first-order valence-corrected chi connectivity index (χ1v) is 7.95. The first-order valence-electron chi connectivity index (χ1n) is 7.95. The summed E-state index contributed by atoms with van der Waals surface area (Å²) in [7, 11) is 0. The number of allylic oxidation sites excluding steroid dienone is 1. The maximum Gasteiger partial charge on any atom is 0.174 e. The zero-order valence-corrected chi connectivity index (χ0v) is 13.2. The summed E-state index contributed by atoms with van der Waals surface area (Å²) in [6, 6.07) is 15.3. The van der Waals surface area contributed by atoms with Gasteiger partial charge >= 0.3 is 0 Å². The van der Waals surface area contributed by atoms with E-state index in [9.17, 15) is 20.1 Å². The smallest absolute Gasteiger partial charge is 0.174 e. The minimum absolute atomic E-state index is 0.0373. The lowest BCUT2D eigenvalue weighted by atomic mass is 9.93. The number of ether oxygens (including phenoxy) is 1. The number of fused-ring (bicyclic) bond motifs is 2. The van der Waals surface area contributed by atoms with Gasteiger partial charge in [-0.15, -0.1) is 0 Å². The van der Waals surface area contributed by atoms with Gasteiger partial charge in [-0.3, -0.25) is 4.79 Å². The van der Waals surface area contributed by atoms with Crippen molar-refractivity contribution in [3.05, 3.63) is 77.3 Å². The van der Waals surface area contributed by atoms with Crippen molar-refractivity contribution in [2.45, 2.75) is 18.6 Å². The van der Waals surface area contributed by atoms with Gasteiger partial charge < -0.3 is 20.1 Å². The van der Waals surface area contributed by atoms with Crippen molar-refractivity contribution in [3.8, 4) is 16.9 Å². The molecule has 0 saturated carbocycles. The first-order chi connectivity index (χ1) is 12.0. The summed E-state index contributed by atoms with van der Waals surface area (Å²) >= 11 is 0. The minimum atomic E-state index is -1.52. The summed E-state index contributed by atoms with van der Waals surface area (Å²) in [5.74, 6) is -0.345. The highest BCUT2D eigenvalue weighted by Gasteiger charge is 2.36. The second-order valence-corrected chi connectivity index (χ2v) is 6.12. The molecular weight excluding hydrogens is 320 g/mol. The van der Waals surface area contributed by atoms with Crippen molar-refractivity contribution < 1.29 is 24.9 Å². The molecule has 0 fully saturated rings. The Hall–Kier alpha value is -2.89. The van der Waals surface area contributed by atoms with Crippen LogP contribution in [0.2, 0.25) is 0 Å². The molecule has 0 radical (unpaired) electrons. The van der Waals surface area contributed by atoms with Crippen molar-refractivity contribution in [2.24, 2.45) is 0 Å². The van der Waals surface area contributed by atoms with E-state index in [2.05, 4.69) is 0 Å². The number of benzene rings is 2. The highest BCUT2D eigenvalue weighted by molar-refractivity contribution is 6.02. The Bertz CT molecular complexity index is 911. The highest BCUT2D eigenvalue weighted by Crippen LogP contribution is 2.36. The van der Waals surface area contributed by atoms with Crippen LogP contribution in [-0.4, -0.2) is 33.3 Å². The Morgan fingerprint density at radius 2 is 1.76 bits per heavy atom. The van der Waals surface area contributed by atoms with Crippen molar-refractivity contribution in [1.82, 2.24) is 0 Å². The van der Waals surface area contributed by atoms with Gasteiger partial charge in [0.05, 0.1) is 0 Å². The van der Waals surface area contributed by atoms with Gasteiger partial charge in [0.25, 0.3) is 0 Å². The Morgan fingerprint density at radius 1 is 1.00 bits per heavy atom. The van der Waals surface area contributed by atoms with Crippen LogP contribution in [-0.2, 0) is 11.2 Å². The Morgan fingerprint density at radius 3 is 2.52 bits per heavy atom. The van der Waals surface area contributed by atoms with E-state index in [4.69, 9.17) is 4.74 Å². The molecule has 1 aliphatic carbocycles. The Kier molecular flexibility index (Phi) is 3.67. The van der Waals surface area contributed by atoms with E-state index in [0.717, 1.165) is 11.1 Å². The number of carbonyl (C=O) groups excluding carboxylic acids is 1. The average Bonchev–Trinajstić information content (AvgIpc) is 2.75. The normalized spacial score (nSPS) is 22.5. The number of aliphatic hydroxyl groups is 3. The Labute approximate surface area is 144 Å². The van der Waals surface area contributed by atoms with E-state index in [1.807, 2.05) is 42.5 Å². The van der Waals surface area contributed by atoms with Crippen LogP contribution in [0.25, 0.3) is 11.1 Å². The van der Waals surface area contributed by atoms with E-state index < -0.39 is 18.0 Å². The van der Waals surface area contributed by atoms with Crippen LogP contribution >= 0.6 is 0 Å². The van der Waals surface area contributed by atoms with Crippen LogP contribution in [0.15, 0.2) is 71.7 Å². The molecule has 5 heteroatoms. The lowest BCUT2D eigenvalue weighted by molar-refractivity contribution is -0.115. The number of carbonyl (C=O) groups is 1. The molecule has 2 aromatic carbocycles. The molecule has 1 heterocycles. The topological polar surface area (TPSA) is 87.0 Å². The van der Waals surface area contributed by atoms with Gasteiger partial charge in [-0.05, 0) is 29.3 Å². The molecule has 1 aliphatic heterocycles. The fourth-order valence-corrected chi connectivity index (χ4v) is 3.14. The molecule has 25 heavy (non-hydrogen) atoms. The Balaban J connectivity index is 1.79. The highest BCUT2D eigenvalue weighted by atomic mass is 16.5. The van der Waals surface area contributed by atoms with Crippen LogP contribution in [0, 0.1) is 0 Å². The van der Waals surface area contributed by atoms with E-state index >= 15 is 0 Å². The minimum Gasteiger partial charge on any atom is -0.509 e. The van der Waals surface area contributed by atoms with Crippen LogP contribution in [0.4, 0.5) is 0 Å². The van der Waals surface area contributed by atoms with Crippen LogP contribution in [0.1, 0.15) is 5.56 Å². The molecule has 2 atom stereocenters. The van der Waals surface area contributed by atoms with Crippen molar-refractivity contribution in [2.75, 3.05) is 0 Å². The molecule has 0 saturated heterocycles. The molecule has 2 aliphatic rings. The molecule has 4 rings (SSSR count). The van der Waals surface area contributed by atoms with Gasteiger partial charge in [0.15, 0.2) is 5.78 Å². The van der Waals surface area contributed by atoms with Crippen molar-refractivity contribution in [3.63, 3.8) is 0 Å². The van der Waals surface area contributed by atoms with Crippen molar-refractivity contribution >= 4 is 5.78 Å². The molecule has 0 aromatic heterocycles. The number of rotatable bonds is 1. The SMILES string of the molecule is O=C1Cc2cc(-c3ccccc3)ccc2OC2=CC(O)C(O)C(O)=C12. The second kappa shape index (κ2) is 5.88. The maximum absolute atomic E-state index is 12.6. The van der Waals surface area contributed by atoms with Gasteiger partial charge in [-0.25, -0.2) is 0 Å². The zero-order chi connectivity index (χ0) is 17.6. The molecule has 2 aromatic rings. The van der Waals surface area contributed by atoms with E-state index in [1.54, 1.807) is 6.07 Å². The molecule has 2 unspecified atom stereocenters. The molecule has 0 bridgehead atoms.